The SMILES string of the molecule is C=C(C)[C@@H]1C[C@@]2(C(C)=O)C[C@@H](O)C[C@@]2(C)C[C@@H]1O. The first-order chi connectivity index (χ1) is 8.22. The predicted molar refractivity (Wildman–Crippen MR) is 70.0 cm³/mol. The Morgan fingerprint density at radius 1 is 1.17 bits per heavy atom. The monoisotopic (exact) mass is 252 g/mol. The summed E-state index contributed by atoms with van der Waals surface area (Å²) in [5, 5.41) is 20.3. The predicted octanol–water partition coefficient (Wildman–Crippen LogP) is 2.07. The fourth-order valence-corrected chi connectivity index (χ4v) is 4.38. The molecule has 0 aromatic rings. The fraction of sp³-hybridized carbons (Fsp3) is 0.800. The van der Waals surface area contributed by atoms with E-state index in [1.165, 1.54) is 0 Å². The summed E-state index contributed by atoms with van der Waals surface area (Å²) in [4.78, 5) is 12.2. The normalized spacial score (nSPS) is 47.7. The lowest BCUT2D eigenvalue weighted by molar-refractivity contribution is -0.142. The topological polar surface area (TPSA) is 57.5 Å². The van der Waals surface area contributed by atoms with Crippen LogP contribution in [0.25, 0.3) is 0 Å². The third kappa shape index (κ3) is 1.76. The summed E-state index contributed by atoms with van der Waals surface area (Å²) >= 11 is 0. The van der Waals surface area contributed by atoms with Gasteiger partial charge in [0.15, 0.2) is 0 Å². The van der Waals surface area contributed by atoms with Gasteiger partial charge in [0, 0.05) is 11.3 Å². The van der Waals surface area contributed by atoms with Crippen LogP contribution in [0.4, 0.5) is 0 Å². The highest BCUT2D eigenvalue weighted by Crippen LogP contribution is 2.62. The van der Waals surface area contributed by atoms with E-state index < -0.39 is 17.6 Å². The summed E-state index contributed by atoms with van der Waals surface area (Å²) in [6.07, 6.45) is 1.51. The zero-order chi connectivity index (χ0) is 13.7. The third-order valence-corrected chi connectivity index (χ3v) is 5.42. The highest BCUT2D eigenvalue weighted by atomic mass is 16.3. The van der Waals surface area contributed by atoms with Gasteiger partial charge in [-0.25, -0.2) is 0 Å². The molecule has 2 rings (SSSR count). The van der Waals surface area contributed by atoms with Crippen LogP contribution in [0.3, 0.4) is 0 Å². The Morgan fingerprint density at radius 3 is 2.28 bits per heavy atom. The Hall–Kier alpha value is -0.670. The Labute approximate surface area is 109 Å². The molecule has 0 aromatic carbocycles. The second-order valence-electron chi connectivity index (χ2n) is 6.69. The maximum absolute atomic E-state index is 12.2. The van der Waals surface area contributed by atoms with E-state index in [9.17, 15) is 15.0 Å². The molecular formula is C15H24O3. The van der Waals surface area contributed by atoms with Crippen molar-refractivity contribution in [3.63, 3.8) is 0 Å². The number of hydrogen-bond acceptors (Lipinski definition) is 3. The van der Waals surface area contributed by atoms with Crippen molar-refractivity contribution in [3.8, 4) is 0 Å². The number of carbonyl (C=O) groups is 1. The van der Waals surface area contributed by atoms with Crippen LogP contribution in [0.5, 0.6) is 0 Å². The van der Waals surface area contributed by atoms with Crippen LogP contribution >= 0.6 is 0 Å². The van der Waals surface area contributed by atoms with Crippen molar-refractivity contribution in [1.29, 1.82) is 0 Å². The summed E-state index contributed by atoms with van der Waals surface area (Å²) in [6.45, 7) is 9.53. The Balaban J connectivity index is 2.42. The molecule has 0 radical (unpaired) electrons. The van der Waals surface area contributed by atoms with Gasteiger partial charge >= 0.3 is 0 Å². The molecule has 0 aromatic heterocycles. The van der Waals surface area contributed by atoms with Crippen molar-refractivity contribution in [3.05, 3.63) is 12.2 Å². The first-order valence-corrected chi connectivity index (χ1v) is 6.74. The molecule has 3 heteroatoms. The summed E-state index contributed by atoms with van der Waals surface area (Å²) in [6, 6.07) is 0. The van der Waals surface area contributed by atoms with Crippen LogP contribution in [-0.2, 0) is 4.79 Å². The molecule has 2 fully saturated rings. The Morgan fingerprint density at radius 2 is 1.78 bits per heavy atom. The highest BCUT2D eigenvalue weighted by Gasteiger charge is 2.62. The van der Waals surface area contributed by atoms with Crippen LogP contribution in [-0.4, -0.2) is 28.2 Å². The van der Waals surface area contributed by atoms with E-state index in [-0.39, 0.29) is 17.1 Å². The number of hydrogen-bond donors (Lipinski definition) is 2. The number of Topliss-reactive ketones (excluding diaryl/α,β-unsaturated/α-hetero) is 1. The van der Waals surface area contributed by atoms with Crippen LogP contribution in [0.15, 0.2) is 12.2 Å². The molecule has 0 unspecified atom stereocenters. The number of rotatable bonds is 2. The van der Waals surface area contributed by atoms with E-state index >= 15 is 0 Å². The lowest BCUT2D eigenvalue weighted by Gasteiger charge is -2.50. The molecule has 102 valence electrons. The van der Waals surface area contributed by atoms with Crippen molar-refractivity contribution in [2.45, 2.75) is 58.7 Å². The quantitative estimate of drug-likeness (QED) is 0.740. The van der Waals surface area contributed by atoms with E-state index in [2.05, 4.69) is 6.58 Å². The molecule has 5 atom stereocenters. The van der Waals surface area contributed by atoms with Gasteiger partial charge in [-0.05, 0) is 44.9 Å². The molecule has 0 bridgehead atoms. The summed E-state index contributed by atoms with van der Waals surface area (Å²) in [5.74, 6) is 0.131. The highest BCUT2D eigenvalue weighted by molar-refractivity contribution is 5.84. The van der Waals surface area contributed by atoms with Gasteiger partial charge < -0.3 is 10.2 Å². The Bertz CT molecular complexity index is 389. The van der Waals surface area contributed by atoms with Gasteiger partial charge in [-0.3, -0.25) is 4.79 Å². The number of aliphatic hydroxyl groups is 2. The van der Waals surface area contributed by atoms with E-state index in [1.807, 2.05) is 13.8 Å². The smallest absolute Gasteiger partial charge is 0.136 e. The van der Waals surface area contributed by atoms with E-state index in [4.69, 9.17) is 0 Å². The van der Waals surface area contributed by atoms with Gasteiger partial charge in [-0.2, -0.15) is 0 Å². The summed E-state index contributed by atoms with van der Waals surface area (Å²) < 4.78 is 0. The van der Waals surface area contributed by atoms with Crippen molar-refractivity contribution in [2.75, 3.05) is 0 Å². The fourth-order valence-electron chi connectivity index (χ4n) is 4.38. The molecule has 0 amide bonds. The number of aliphatic hydroxyl groups excluding tert-OH is 2. The maximum Gasteiger partial charge on any atom is 0.136 e. The standard InChI is InChI=1S/C15H24O3/c1-9(2)12-7-15(10(3)16)6-11(17)5-14(15,4)8-13(12)18/h11-13,17-18H,1,5-8H2,2-4H3/t11-,12-,13-,14-,15+/m0/s1. The summed E-state index contributed by atoms with van der Waals surface area (Å²) in [5.41, 5.74) is 0.186. The minimum atomic E-state index is -0.477. The molecule has 0 saturated heterocycles. The number of ketones is 1. The van der Waals surface area contributed by atoms with Crippen LogP contribution < -0.4 is 0 Å². The maximum atomic E-state index is 12.2. The minimum Gasteiger partial charge on any atom is -0.393 e. The molecule has 2 saturated carbocycles. The molecule has 0 aliphatic heterocycles. The third-order valence-electron chi connectivity index (χ3n) is 5.42. The van der Waals surface area contributed by atoms with Gasteiger partial charge in [0.2, 0.25) is 0 Å². The van der Waals surface area contributed by atoms with Crippen molar-refractivity contribution in [1.82, 2.24) is 0 Å². The van der Waals surface area contributed by atoms with Gasteiger partial charge in [0.25, 0.3) is 0 Å². The zero-order valence-electron chi connectivity index (χ0n) is 11.6. The summed E-state index contributed by atoms with van der Waals surface area (Å²) in [7, 11) is 0. The van der Waals surface area contributed by atoms with E-state index in [1.54, 1.807) is 6.92 Å². The van der Waals surface area contributed by atoms with Crippen LogP contribution in [0.2, 0.25) is 0 Å². The van der Waals surface area contributed by atoms with Gasteiger partial charge in [0.1, 0.15) is 5.78 Å². The van der Waals surface area contributed by atoms with E-state index in [0.29, 0.717) is 25.7 Å². The Kier molecular flexibility index (Phi) is 3.19. The molecule has 2 aliphatic rings. The first kappa shape index (κ1) is 13.8. The van der Waals surface area contributed by atoms with Crippen molar-refractivity contribution in [2.24, 2.45) is 16.7 Å². The zero-order valence-corrected chi connectivity index (χ0v) is 11.6. The molecule has 0 heterocycles. The van der Waals surface area contributed by atoms with Gasteiger partial charge in [-0.15, -0.1) is 0 Å². The number of carbonyl (C=O) groups excluding carboxylic acids is 1. The first-order valence-electron chi connectivity index (χ1n) is 6.74. The second-order valence-corrected chi connectivity index (χ2v) is 6.69. The molecular weight excluding hydrogens is 228 g/mol. The molecule has 2 N–H and O–H groups in total. The van der Waals surface area contributed by atoms with E-state index in [0.717, 1.165) is 5.57 Å². The average molecular weight is 252 g/mol. The largest absolute Gasteiger partial charge is 0.393 e. The lowest BCUT2D eigenvalue weighted by atomic mass is 9.53. The number of fused-ring (bicyclic) bond motifs is 1. The van der Waals surface area contributed by atoms with Crippen molar-refractivity contribution >= 4 is 5.78 Å². The lowest BCUT2D eigenvalue weighted by Crippen LogP contribution is -2.51. The molecule has 0 spiro atoms. The van der Waals surface area contributed by atoms with Crippen LogP contribution in [0, 0.1) is 16.7 Å². The van der Waals surface area contributed by atoms with Gasteiger partial charge in [-0.1, -0.05) is 19.1 Å². The average Bonchev–Trinajstić information content (AvgIpc) is 2.46. The van der Waals surface area contributed by atoms with Gasteiger partial charge in [0.05, 0.1) is 12.2 Å². The second kappa shape index (κ2) is 4.17. The molecule has 3 nitrogen and oxygen atoms in total. The van der Waals surface area contributed by atoms with Crippen LogP contribution in [0.1, 0.15) is 46.5 Å². The molecule has 18 heavy (non-hydrogen) atoms. The minimum absolute atomic E-state index is 0.0210. The van der Waals surface area contributed by atoms with Crippen molar-refractivity contribution < 1.29 is 15.0 Å². The molecule has 2 aliphatic carbocycles.